The van der Waals surface area contributed by atoms with E-state index in [1.54, 1.807) is 4.52 Å². The molecule has 0 aliphatic heterocycles. The number of nitrogens with two attached hydrogens (primary N) is 1. The lowest BCUT2D eigenvalue weighted by Crippen LogP contribution is -2.00. The van der Waals surface area contributed by atoms with Crippen LogP contribution < -0.4 is 5.73 Å². The number of hydrogen-bond acceptors (Lipinski definition) is 3. The Morgan fingerprint density at radius 2 is 2.23 bits per heavy atom. The van der Waals surface area contributed by atoms with Crippen LogP contribution in [0, 0.1) is 0 Å². The third-order valence-corrected chi connectivity index (χ3v) is 2.14. The number of nitrogen functional groups attached to an aromatic ring is 1. The highest BCUT2D eigenvalue weighted by Crippen LogP contribution is 2.23. The minimum atomic E-state index is 0.443. The molecule has 0 saturated carbocycles. The van der Waals surface area contributed by atoms with Gasteiger partial charge in [0.05, 0.1) is 0 Å². The summed E-state index contributed by atoms with van der Waals surface area (Å²) in [6.07, 6.45) is 3.37. The lowest BCUT2D eigenvalue weighted by atomic mass is 10.1. The number of aromatic nitrogens is 3. The van der Waals surface area contributed by atoms with Crippen molar-refractivity contribution in [3.05, 3.63) is 24.2 Å². The molecule has 2 rings (SSSR count). The molecule has 2 aromatic rings. The Morgan fingerprint density at radius 3 is 2.92 bits per heavy atom. The highest BCUT2D eigenvalue weighted by Gasteiger charge is 2.09. The SMILES string of the molecule is CC(C)c1ccn2ncnc(N)c12. The van der Waals surface area contributed by atoms with Gasteiger partial charge in [0.25, 0.3) is 0 Å². The molecular weight excluding hydrogens is 164 g/mol. The Morgan fingerprint density at radius 1 is 1.46 bits per heavy atom. The second-order valence-corrected chi connectivity index (χ2v) is 3.36. The first kappa shape index (κ1) is 8.04. The fourth-order valence-electron chi connectivity index (χ4n) is 1.47. The zero-order valence-electron chi connectivity index (χ0n) is 7.73. The average Bonchev–Trinajstić information content (AvgIpc) is 2.49. The van der Waals surface area contributed by atoms with Crippen LogP contribution in [0.25, 0.3) is 5.52 Å². The van der Waals surface area contributed by atoms with Crippen LogP contribution in [0.1, 0.15) is 25.3 Å². The van der Waals surface area contributed by atoms with E-state index in [0.717, 1.165) is 5.52 Å². The Balaban J connectivity index is 2.79. The van der Waals surface area contributed by atoms with Crippen LogP contribution in [0.2, 0.25) is 0 Å². The molecular formula is C9H12N4. The van der Waals surface area contributed by atoms with E-state index in [1.807, 2.05) is 12.3 Å². The largest absolute Gasteiger partial charge is 0.382 e. The van der Waals surface area contributed by atoms with Gasteiger partial charge in [-0.2, -0.15) is 5.10 Å². The first-order valence-corrected chi connectivity index (χ1v) is 4.28. The van der Waals surface area contributed by atoms with Crippen LogP contribution in [0.15, 0.2) is 18.6 Å². The van der Waals surface area contributed by atoms with Gasteiger partial charge in [-0.05, 0) is 17.5 Å². The van der Waals surface area contributed by atoms with E-state index in [-0.39, 0.29) is 0 Å². The molecule has 2 N–H and O–H groups in total. The fourth-order valence-corrected chi connectivity index (χ4v) is 1.47. The second kappa shape index (κ2) is 2.73. The Kier molecular flexibility index (Phi) is 1.69. The van der Waals surface area contributed by atoms with Crippen molar-refractivity contribution >= 4 is 11.3 Å². The van der Waals surface area contributed by atoms with Gasteiger partial charge in [0.2, 0.25) is 0 Å². The average molecular weight is 176 g/mol. The zero-order chi connectivity index (χ0) is 9.42. The van der Waals surface area contributed by atoms with Crippen molar-refractivity contribution in [2.24, 2.45) is 0 Å². The van der Waals surface area contributed by atoms with E-state index in [2.05, 4.69) is 23.9 Å². The van der Waals surface area contributed by atoms with E-state index in [9.17, 15) is 0 Å². The Labute approximate surface area is 76.4 Å². The number of hydrogen-bond donors (Lipinski definition) is 1. The summed E-state index contributed by atoms with van der Waals surface area (Å²) in [5.41, 5.74) is 7.89. The summed E-state index contributed by atoms with van der Waals surface area (Å²) in [7, 11) is 0. The standard InChI is InChI=1S/C9H12N4/c1-6(2)7-3-4-13-8(7)9(10)11-5-12-13/h3-6H,1-2H3,(H2,10,11,12). The predicted octanol–water partition coefficient (Wildman–Crippen LogP) is 1.43. The normalized spacial score (nSPS) is 11.3. The molecule has 0 aromatic carbocycles. The van der Waals surface area contributed by atoms with E-state index in [1.165, 1.54) is 11.9 Å². The van der Waals surface area contributed by atoms with E-state index in [0.29, 0.717) is 11.7 Å². The van der Waals surface area contributed by atoms with Crippen molar-refractivity contribution in [1.29, 1.82) is 0 Å². The minimum absolute atomic E-state index is 0.443. The maximum Gasteiger partial charge on any atom is 0.151 e. The second-order valence-electron chi connectivity index (χ2n) is 3.36. The number of anilines is 1. The van der Waals surface area contributed by atoms with Crippen molar-refractivity contribution in [2.75, 3.05) is 5.73 Å². The molecule has 0 aliphatic rings. The van der Waals surface area contributed by atoms with Crippen molar-refractivity contribution in [3.8, 4) is 0 Å². The van der Waals surface area contributed by atoms with Crippen LogP contribution in [0.4, 0.5) is 5.82 Å². The smallest absolute Gasteiger partial charge is 0.151 e. The highest BCUT2D eigenvalue weighted by molar-refractivity contribution is 5.70. The summed E-state index contributed by atoms with van der Waals surface area (Å²) < 4.78 is 1.76. The van der Waals surface area contributed by atoms with Crippen LogP contribution in [-0.2, 0) is 0 Å². The van der Waals surface area contributed by atoms with Crippen LogP contribution in [0.3, 0.4) is 0 Å². The highest BCUT2D eigenvalue weighted by atomic mass is 15.2. The molecule has 13 heavy (non-hydrogen) atoms. The molecule has 0 unspecified atom stereocenters. The number of nitrogens with zero attached hydrogens (tertiary/aromatic N) is 3. The minimum Gasteiger partial charge on any atom is -0.382 e. The van der Waals surface area contributed by atoms with Gasteiger partial charge in [-0.25, -0.2) is 9.50 Å². The lowest BCUT2D eigenvalue weighted by Gasteiger charge is -2.03. The molecule has 0 amide bonds. The predicted molar refractivity (Wildman–Crippen MR) is 51.5 cm³/mol. The van der Waals surface area contributed by atoms with Gasteiger partial charge in [0.1, 0.15) is 11.8 Å². The molecule has 0 spiro atoms. The maximum atomic E-state index is 5.77. The van der Waals surface area contributed by atoms with Gasteiger partial charge in [0, 0.05) is 6.20 Å². The Bertz CT molecular complexity index is 430. The first-order valence-electron chi connectivity index (χ1n) is 4.28. The molecule has 0 atom stereocenters. The van der Waals surface area contributed by atoms with Crippen LogP contribution in [0.5, 0.6) is 0 Å². The third kappa shape index (κ3) is 1.14. The van der Waals surface area contributed by atoms with Crippen LogP contribution >= 0.6 is 0 Å². The fraction of sp³-hybridized carbons (Fsp3) is 0.333. The first-order chi connectivity index (χ1) is 6.20. The summed E-state index contributed by atoms with van der Waals surface area (Å²) in [5, 5.41) is 4.07. The van der Waals surface area contributed by atoms with Crippen molar-refractivity contribution in [1.82, 2.24) is 14.6 Å². The van der Waals surface area contributed by atoms with Gasteiger partial charge in [-0.3, -0.25) is 0 Å². The van der Waals surface area contributed by atoms with Gasteiger partial charge >= 0.3 is 0 Å². The summed E-state index contributed by atoms with van der Waals surface area (Å²) in [5.74, 6) is 0.988. The molecule has 2 aromatic heterocycles. The quantitative estimate of drug-likeness (QED) is 0.715. The zero-order valence-corrected chi connectivity index (χ0v) is 7.73. The summed E-state index contributed by atoms with van der Waals surface area (Å²) in [4.78, 5) is 3.97. The third-order valence-electron chi connectivity index (χ3n) is 2.14. The van der Waals surface area contributed by atoms with Gasteiger partial charge in [0.15, 0.2) is 5.82 Å². The van der Waals surface area contributed by atoms with Gasteiger partial charge < -0.3 is 5.73 Å². The van der Waals surface area contributed by atoms with E-state index in [4.69, 9.17) is 5.73 Å². The molecule has 4 nitrogen and oxygen atoms in total. The van der Waals surface area contributed by atoms with Crippen molar-refractivity contribution in [3.63, 3.8) is 0 Å². The summed E-state index contributed by atoms with van der Waals surface area (Å²) in [6.45, 7) is 4.25. The maximum absolute atomic E-state index is 5.77. The monoisotopic (exact) mass is 176 g/mol. The molecule has 0 aliphatic carbocycles. The summed E-state index contributed by atoms with van der Waals surface area (Å²) >= 11 is 0. The lowest BCUT2D eigenvalue weighted by molar-refractivity contribution is 0.862. The van der Waals surface area contributed by atoms with Crippen LogP contribution in [-0.4, -0.2) is 14.6 Å². The topological polar surface area (TPSA) is 56.2 Å². The number of fused-ring (bicyclic) bond motifs is 1. The molecule has 4 heteroatoms. The Hall–Kier alpha value is -1.58. The molecule has 0 saturated heterocycles. The molecule has 0 fully saturated rings. The molecule has 68 valence electrons. The van der Waals surface area contributed by atoms with E-state index < -0.39 is 0 Å². The van der Waals surface area contributed by atoms with Gasteiger partial charge in [-0.1, -0.05) is 13.8 Å². The van der Waals surface area contributed by atoms with Crippen molar-refractivity contribution < 1.29 is 0 Å². The molecule has 0 radical (unpaired) electrons. The van der Waals surface area contributed by atoms with Gasteiger partial charge in [-0.15, -0.1) is 0 Å². The van der Waals surface area contributed by atoms with Crippen molar-refractivity contribution in [2.45, 2.75) is 19.8 Å². The molecule has 0 bridgehead atoms. The summed E-state index contributed by atoms with van der Waals surface area (Å²) in [6, 6.07) is 2.03. The number of rotatable bonds is 1. The van der Waals surface area contributed by atoms with E-state index >= 15 is 0 Å². The molecule has 2 heterocycles.